The Hall–Kier alpha value is -8.84. The van der Waals surface area contributed by atoms with Gasteiger partial charge in [0.1, 0.15) is 35.8 Å². The van der Waals surface area contributed by atoms with E-state index >= 15 is 0 Å². The predicted molar refractivity (Wildman–Crippen MR) is 277 cm³/mol. The fourth-order valence-electron chi connectivity index (χ4n) is 6.92. The molecule has 0 saturated carbocycles. The second kappa shape index (κ2) is 29.8. The molecule has 6 aromatic rings. The number of likely N-dealkylation sites (N-methyl/N-ethyl adjacent to an activating group) is 2. The van der Waals surface area contributed by atoms with E-state index in [0.717, 1.165) is 74.5 Å². The molecule has 2 aliphatic rings. The number of fused-ring (bicyclic) bond motifs is 2. The molecule has 8 rings (SSSR count). The summed E-state index contributed by atoms with van der Waals surface area (Å²) in [6.07, 6.45) is 6.80. The highest BCUT2D eigenvalue weighted by Gasteiger charge is 2.24. The van der Waals surface area contributed by atoms with Gasteiger partial charge in [0, 0.05) is 122 Å². The molecule has 400 valence electrons. The van der Waals surface area contributed by atoms with Gasteiger partial charge >= 0.3 is 35.8 Å². The number of carboxylic acid groups (broad SMARTS) is 6. The molecule has 24 nitrogen and oxygen atoms in total. The molecule has 2 saturated heterocycles. The first-order chi connectivity index (χ1) is 36.1. The van der Waals surface area contributed by atoms with Gasteiger partial charge in [0.15, 0.2) is 11.3 Å². The minimum Gasteiger partial charge on any atom is -0.478 e. The Labute approximate surface area is 443 Å². The molecule has 0 aliphatic carbocycles. The normalized spacial score (nSPS) is 13.6. The predicted octanol–water partition coefficient (Wildman–Crippen LogP) is 4.19. The van der Waals surface area contributed by atoms with Crippen LogP contribution in [0.3, 0.4) is 0 Å². The molecule has 6 N–H and O–H groups in total. The Morgan fingerprint density at radius 3 is 1.04 bits per heavy atom. The number of halogens is 2. The van der Waals surface area contributed by atoms with Crippen LogP contribution in [-0.4, -0.2) is 193 Å². The van der Waals surface area contributed by atoms with Crippen LogP contribution in [0.4, 0.5) is 0 Å². The van der Waals surface area contributed by atoms with Gasteiger partial charge in [-0.05, 0) is 62.6 Å². The number of hydrogen-bond acceptors (Lipinski definition) is 14. The molecule has 76 heavy (non-hydrogen) atoms. The van der Waals surface area contributed by atoms with Crippen LogP contribution in [0, 0.1) is 0 Å². The largest absolute Gasteiger partial charge is 0.478 e. The quantitative estimate of drug-likeness (QED) is 0.0936. The third-order valence-corrected chi connectivity index (χ3v) is 11.0. The van der Waals surface area contributed by atoms with Crippen LogP contribution >= 0.6 is 23.2 Å². The maximum Gasteiger partial charge on any atom is 0.328 e. The molecule has 0 radical (unpaired) electrons. The van der Waals surface area contributed by atoms with Crippen molar-refractivity contribution in [2.75, 3.05) is 66.5 Å². The Bertz CT molecular complexity index is 2840. The number of pyridine rings is 2. The van der Waals surface area contributed by atoms with Gasteiger partial charge in [-0.2, -0.15) is 0 Å². The molecule has 2 fully saturated rings. The highest BCUT2D eigenvalue weighted by molar-refractivity contribution is 6.31. The van der Waals surface area contributed by atoms with E-state index in [-0.39, 0.29) is 24.9 Å². The zero-order chi connectivity index (χ0) is 55.9. The molecule has 0 bridgehead atoms. The van der Waals surface area contributed by atoms with Crippen LogP contribution < -0.4 is 0 Å². The summed E-state index contributed by atoms with van der Waals surface area (Å²) in [5.74, 6) is -5.94. The maximum absolute atomic E-state index is 12.9. The van der Waals surface area contributed by atoms with E-state index in [0.29, 0.717) is 69.4 Å². The third-order valence-electron chi connectivity index (χ3n) is 10.6. The Morgan fingerprint density at radius 2 is 0.763 bits per heavy atom. The van der Waals surface area contributed by atoms with E-state index in [4.69, 9.17) is 63.8 Å². The average molecular weight is 1090 g/mol. The Kier molecular flexibility index (Phi) is 23.4. The lowest BCUT2D eigenvalue weighted by atomic mass is 10.2. The number of imidazole rings is 2. The molecule has 0 spiro atoms. The van der Waals surface area contributed by atoms with Gasteiger partial charge in [0.05, 0.1) is 0 Å². The molecule has 26 heteroatoms. The first-order valence-corrected chi connectivity index (χ1v) is 23.4. The summed E-state index contributed by atoms with van der Waals surface area (Å²) in [5, 5.41) is 48.2. The van der Waals surface area contributed by atoms with Crippen molar-refractivity contribution in [2.45, 2.75) is 13.1 Å². The molecule has 6 heterocycles. The molecule has 0 atom stereocenters. The Balaban J connectivity index is 0.000000232. The number of benzene rings is 2. The number of hydrogen-bond donors (Lipinski definition) is 6. The van der Waals surface area contributed by atoms with Crippen molar-refractivity contribution < 1.29 is 69.0 Å². The Morgan fingerprint density at radius 1 is 0.461 bits per heavy atom. The van der Waals surface area contributed by atoms with Crippen molar-refractivity contribution >= 4 is 93.2 Å². The van der Waals surface area contributed by atoms with Crippen LogP contribution in [0.15, 0.2) is 122 Å². The minimum atomic E-state index is -1.26. The second-order valence-corrected chi connectivity index (χ2v) is 17.0. The number of carboxylic acids is 6. The topological polar surface area (TPSA) is 332 Å². The van der Waals surface area contributed by atoms with Crippen molar-refractivity contribution in [3.63, 3.8) is 0 Å². The van der Waals surface area contributed by atoms with Crippen LogP contribution in [0.1, 0.15) is 0 Å². The number of aliphatic carboxylic acids is 6. The van der Waals surface area contributed by atoms with Gasteiger partial charge in [-0.1, -0.05) is 47.5 Å². The number of rotatable bonds is 12. The number of nitrogens with zero attached hydrogens (tertiary/aromatic N) is 10. The lowest BCUT2D eigenvalue weighted by molar-refractivity contribution is -0.134. The first kappa shape index (κ1) is 59.7. The van der Waals surface area contributed by atoms with Gasteiger partial charge in [0.25, 0.3) is 0 Å². The number of carbonyl (C=O) groups is 8. The third kappa shape index (κ3) is 19.9. The average Bonchev–Trinajstić information content (AvgIpc) is 3.93. The summed E-state index contributed by atoms with van der Waals surface area (Å²) in [4.78, 5) is 110. The van der Waals surface area contributed by atoms with Crippen LogP contribution in [0.2, 0.25) is 10.0 Å². The van der Waals surface area contributed by atoms with Gasteiger partial charge in [-0.3, -0.25) is 18.7 Å². The first-order valence-electron chi connectivity index (χ1n) is 22.6. The van der Waals surface area contributed by atoms with Gasteiger partial charge in [-0.25, -0.2) is 48.7 Å². The summed E-state index contributed by atoms with van der Waals surface area (Å²) < 4.78 is 3.78. The standard InChI is InChI=1S/2C19H20ClN5O.3C4H4O4/c2*1-23-8-10-24(11-9-23)17(26)13-25-18(14-4-2-5-15(20)12-14)22-16-6-3-7-21-19(16)25;3*5-3(6)1-2-4(7)8/h2*2-7,12H,8-11,13H2,1H3;3*1-2H,(H,5,6)(H,7,8)/b;;3*2-1+. The molecule has 2 aliphatic heterocycles. The van der Waals surface area contributed by atoms with Gasteiger partial charge in [0.2, 0.25) is 11.8 Å². The number of aromatic nitrogens is 6. The zero-order valence-corrected chi connectivity index (χ0v) is 42.3. The molecular formula is C50H52Cl2N10O14. The summed E-state index contributed by atoms with van der Waals surface area (Å²) in [5.41, 5.74) is 4.72. The number of amides is 2. The lowest BCUT2D eigenvalue weighted by Gasteiger charge is -2.32. The number of carbonyl (C=O) groups excluding carboxylic acids is 2. The monoisotopic (exact) mass is 1090 g/mol. The highest BCUT2D eigenvalue weighted by Crippen LogP contribution is 2.28. The van der Waals surface area contributed by atoms with Gasteiger partial charge < -0.3 is 50.2 Å². The van der Waals surface area contributed by atoms with E-state index in [9.17, 15) is 38.4 Å². The van der Waals surface area contributed by atoms with E-state index in [1.165, 1.54) is 0 Å². The van der Waals surface area contributed by atoms with Crippen molar-refractivity contribution in [1.29, 1.82) is 0 Å². The molecular weight excluding hydrogens is 1040 g/mol. The maximum atomic E-state index is 12.9. The highest BCUT2D eigenvalue weighted by atomic mass is 35.5. The van der Waals surface area contributed by atoms with E-state index in [2.05, 4.69) is 33.9 Å². The molecule has 4 aromatic heterocycles. The fraction of sp³-hybridized carbons (Fsp3) is 0.240. The van der Waals surface area contributed by atoms with Crippen LogP contribution in [0.25, 0.3) is 45.1 Å². The molecule has 2 amide bonds. The summed E-state index contributed by atoms with van der Waals surface area (Å²) in [7, 11) is 4.15. The summed E-state index contributed by atoms with van der Waals surface area (Å²) >= 11 is 12.3. The smallest absolute Gasteiger partial charge is 0.328 e. The van der Waals surface area contributed by atoms with Crippen LogP contribution in [-0.2, 0) is 51.4 Å². The van der Waals surface area contributed by atoms with E-state index in [1.54, 1.807) is 12.4 Å². The summed E-state index contributed by atoms with van der Waals surface area (Å²) in [6.45, 7) is 7.04. The van der Waals surface area contributed by atoms with Crippen molar-refractivity contribution in [3.05, 3.63) is 132 Å². The SMILES string of the molecule is CN1CCN(C(=O)Cn2c(-c3cccc(Cl)c3)nc3cccnc32)CC1.CN1CCN(C(=O)Cn2c(-c3cccc(Cl)c3)nc3cccnc32)CC1.O=C(O)/C=C/C(=O)O.O=C(O)/C=C/C(=O)O.O=C(O)/C=C/C(=O)O. The fourth-order valence-corrected chi connectivity index (χ4v) is 7.30. The van der Waals surface area contributed by atoms with Crippen molar-refractivity contribution in [3.8, 4) is 22.8 Å². The zero-order valence-electron chi connectivity index (χ0n) is 40.8. The van der Waals surface area contributed by atoms with E-state index < -0.39 is 35.8 Å². The van der Waals surface area contributed by atoms with Crippen molar-refractivity contribution in [2.24, 2.45) is 0 Å². The minimum absolute atomic E-state index is 0.0892. The second-order valence-electron chi connectivity index (χ2n) is 16.2. The van der Waals surface area contributed by atoms with Crippen molar-refractivity contribution in [1.82, 2.24) is 48.7 Å². The summed E-state index contributed by atoms with van der Waals surface area (Å²) in [6, 6.07) is 22.6. The van der Waals surface area contributed by atoms with Gasteiger partial charge in [-0.15, -0.1) is 0 Å². The lowest BCUT2D eigenvalue weighted by Crippen LogP contribution is -2.48. The van der Waals surface area contributed by atoms with Crippen LogP contribution in [0.5, 0.6) is 0 Å². The van der Waals surface area contributed by atoms with E-state index in [1.807, 2.05) is 91.7 Å². The molecule has 0 unspecified atom stereocenters. The molecule has 2 aromatic carbocycles. The number of piperazine rings is 2.